The number of rotatable bonds is 6. The molecule has 1 aliphatic heterocycles. The summed E-state index contributed by atoms with van der Waals surface area (Å²) in [7, 11) is 1.17. The van der Waals surface area contributed by atoms with Gasteiger partial charge in [-0.05, 0) is 33.2 Å². The van der Waals surface area contributed by atoms with E-state index in [2.05, 4.69) is 19.2 Å². The van der Waals surface area contributed by atoms with Crippen molar-refractivity contribution in [1.82, 2.24) is 5.32 Å². The summed E-state index contributed by atoms with van der Waals surface area (Å²) >= 11 is 0. The molecule has 3 nitrogen and oxygen atoms in total. The van der Waals surface area contributed by atoms with Crippen LogP contribution in [-0.4, -0.2) is 41.0 Å². The second kappa shape index (κ2) is 6.61. The van der Waals surface area contributed by atoms with Crippen LogP contribution < -0.4 is 5.32 Å². The quantitative estimate of drug-likeness (QED) is 0.751. The van der Waals surface area contributed by atoms with E-state index in [0.29, 0.717) is 11.8 Å². The standard InChI is InChI=1S/C11H23NO2S/c1-4-11(12-3)9(2)15(13)8-10-6-5-7-14-10/h9-12H,4-8H2,1-3H3. The Morgan fingerprint density at radius 3 is 2.80 bits per heavy atom. The van der Waals surface area contributed by atoms with Crippen LogP contribution in [0, 0.1) is 0 Å². The van der Waals surface area contributed by atoms with E-state index >= 15 is 0 Å². The van der Waals surface area contributed by atoms with Crippen LogP contribution in [0.15, 0.2) is 0 Å². The second-order valence-corrected chi connectivity index (χ2v) is 6.03. The first-order valence-electron chi connectivity index (χ1n) is 5.85. The first-order chi connectivity index (χ1) is 7.19. The molecule has 1 fully saturated rings. The van der Waals surface area contributed by atoms with Gasteiger partial charge in [-0.15, -0.1) is 0 Å². The molecule has 1 heterocycles. The SMILES string of the molecule is CCC(NC)C(C)S(=O)CC1CCCO1. The summed E-state index contributed by atoms with van der Waals surface area (Å²) < 4.78 is 17.6. The number of nitrogens with one attached hydrogen (secondary N) is 1. The minimum atomic E-state index is -0.772. The Morgan fingerprint density at radius 1 is 1.60 bits per heavy atom. The number of hydrogen-bond donors (Lipinski definition) is 1. The lowest BCUT2D eigenvalue weighted by atomic mass is 10.2. The Bertz CT molecular complexity index is 201. The van der Waals surface area contributed by atoms with E-state index in [1.165, 1.54) is 0 Å². The zero-order chi connectivity index (χ0) is 11.3. The van der Waals surface area contributed by atoms with Crippen molar-refractivity contribution in [2.45, 2.75) is 50.5 Å². The highest BCUT2D eigenvalue weighted by Gasteiger charge is 2.24. The first kappa shape index (κ1) is 13.1. The van der Waals surface area contributed by atoms with Gasteiger partial charge in [0.1, 0.15) is 0 Å². The van der Waals surface area contributed by atoms with Crippen LogP contribution in [0.25, 0.3) is 0 Å². The van der Waals surface area contributed by atoms with Gasteiger partial charge in [0.05, 0.1) is 11.9 Å². The van der Waals surface area contributed by atoms with Gasteiger partial charge in [0, 0.05) is 28.7 Å². The molecule has 0 aromatic carbocycles. The molecule has 4 atom stereocenters. The average Bonchev–Trinajstić information content (AvgIpc) is 2.72. The Hall–Kier alpha value is 0.0700. The molecule has 0 aromatic heterocycles. The molecular formula is C11H23NO2S. The van der Waals surface area contributed by atoms with Crippen molar-refractivity contribution in [2.75, 3.05) is 19.4 Å². The Balaban J connectivity index is 2.37. The van der Waals surface area contributed by atoms with E-state index in [9.17, 15) is 4.21 Å². The Labute approximate surface area is 95.4 Å². The molecule has 0 aliphatic carbocycles. The minimum Gasteiger partial charge on any atom is -0.377 e. The van der Waals surface area contributed by atoms with Crippen molar-refractivity contribution in [3.63, 3.8) is 0 Å². The lowest BCUT2D eigenvalue weighted by Crippen LogP contribution is -2.39. The third-order valence-corrected chi connectivity index (χ3v) is 5.02. The summed E-state index contributed by atoms with van der Waals surface area (Å²) in [6.07, 6.45) is 3.46. The van der Waals surface area contributed by atoms with Crippen LogP contribution in [0.4, 0.5) is 0 Å². The summed E-state index contributed by atoms with van der Waals surface area (Å²) in [4.78, 5) is 0. The Kier molecular flexibility index (Phi) is 5.79. The monoisotopic (exact) mass is 233 g/mol. The molecule has 1 aliphatic rings. The predicted molar refractivity (Wildman–Crippen MR) is 64.6 cm³/mol. The van der Waals surface area contributed by atoms with Gasteiger partial charge in [0.15, 0.2) is 0 Å². The van der Waals surface area contributed by atoms with Crippen molar-refractivity contribution in [2.24, 2.45) is 0 Å². The first-order valence-corrected chi connectivity index (χ1v) is 7.23. The smallest absolute Gasteiger partial charge is 0.0691 e. The summed E-state index contributed by atoms with van der Waals surface area (Å²) in [5, 5.41) is 3.44. The van der Waals surface area contributed by atoms with E-state index in [-0.39, 0.29) is 11.4 Å². The highest BCUT2D eigenvalue weighted by Crippen LogP contribution is 2.15. The number of hydrogen-bond acceptors (Lipinski definition) is 3. The molecule has 0 spiro atoms. The average molecular weight is 233 g/mol. The van der Waals surface area contributed by atoms with Gasteiger partial charge in [-0.3, -0.25) is 4.21 Å². The fraction of sp³-hybridized carbons (Fsp3) is 1.00. The molecule has 0 saturated carbocycles. The van der Waals surface area contributed by atoms with Gasteiger partial charge in [-0.25, -0.2) is 0 Å². The van der Waals surface area contributed by atoms with E-state index in [1.54, 1.807) is 0 Å². The molecule has 4 unspecified atom stereocenters. The number of ether oxygens (including phenoxy) is 1. The zero-order valence-corrected chi connectivity index (χ0v) is 10.8. The maximum atomic E-state index is 12.0. The van der Waals surface area contributed by atoms with Crippen molar-refractivity contribution in [3.05, 3.63) is 0 Å². The van der Waals surface area contributed by atoms with Gasteiger partial charge in [0.25, 0.3) is 0 Å². The summed E-state index contributed by atoms with van der Waals surface area (Å²) in [5.41, 5.74) is 0. The van der Waals surface area contributed by atoms with Crippen LogP contribution >= 0.6 is 0 Å². The molecule has 1 N–H and O–H groups in total. The molecule has 1 saturated heterocycles. The molecule has 0 aromatic rings. The van der Waals surface area contributed by atoms with Crippen molar-refractivity contribution >= 4 is 10.8 Å². The molecule has 0 amide bonds. The normalized spacial score (nSPS) is 27.5. The zero-order valence-electron chi connectivity index (χ0n) is 9.99. The van der Waals surface area contributed by atoms with Crippen LogP contribution in [-0.2, 0) is 15.5 Å². The van der Waals surface area contributed by atoms with Gasteiger partial charge in [-0.2, -0.15) is 0 Å². The topological polar surface area (TPSA) is 38.3 Å². The van der Waals surface area contributed by atoms with Crippen LogP contribution in [0.3, 0.4) is 0 Å². The highest BCUT2D eigenvalue weighted by molar-refractivity contribution is 7.85. The third kappa shape index (κ3) is 3.85. The fourth-order valence-electron chi connectivity index (χ4n) is 2.06. The van der Waals surface area contributed by atoms with Crippen molar-refractivity contribution < 1.29 is 8.95 Å². The maximum Gasteiger partial charge on any atom is 0.0691 e. The summed E-state index contributed by atoms with van der Waals surface area (Å²) in [5.74, 6) is 0.708. The van der Waals surface area contributed by atoms with E-state index in [4.69, 9.17) is 4.74 Å². The Morgan fingerprint density at radius 2 is 2.33 bits per heavy atom. The van der Waals surface area contributed by atoms with Gasteiger partial charge >= 0.3 is 0 Å². The lowest BCUT2D eigenvalue weighted by Gasteiger charge is -2.22. The van der Waals surface area contributed by atoms with Gasteiger partial charge in [-0.1, -0.05) is 6.92 Å². The van der Waals surface area contributed by atoms with Crippen LogP contribution in [0.1, 0.15) is 33.1 Å². The molecule has 1 rings (SSSR count). The van der Waals surface area contributed by atoms with Gasteiger partial charge in [0.2, 0.25) is 0 Å². The van der Waals surface area contributed by atoms with Gasteiger partial charge < -0.3 is 10.1 Å². The molecule has 0 radical (unpaired) electrons. The lowest BCUT2D eigenvalue weighted by molar-refractivity contribution is 0.128. The molecule has 15 heavy (non-hydrogen) atoms. The van der Waals surface area contributed by atoms with Crippen LogP contribution in [0.5, 0.6) is 0 Å². The molecule has 0 bridgehead atoms. The second-order valence-electron chi connectivity index (χ2n) is 4.19. The summed E-state index contributed by atoms with van der Waals surface area (Å²) in [6.45, 7) is 5.04. The molecular weight excluding hydrogens is 210 g/mol. The minimum absolute atomic E-state index is 0.212. The largest absolute Gasteiger partial charge is 0.377 e. The summed E-state index contributed by atoms with van der Waals surface area (Å²) in [6, 6.07) is 0.354. The van der Waals surface area contributed by atoms with Crippen molar-refractivity contribution in [1.29, 1.82) is 0 Å². The maximum absolute atomic E-state index is 12.0. The highest BCUT2D eigenvalue weighted by atomic mass is 32.2. The molecule has 90 valence electrons. The van der Waals surface area contributed by atoms with E-state index in [1.807, 2.05) is 7.05 Å². The van der Waals surface area contributed by atoms with E-state index < -0.39 is 10.8 Å². The third-order valence-electron chi connectivity index (χ3n) is 3.17. The van der Waals surface area contributed by atoms with Crippen LogP contribution in [0.2, 0.25) is 0 Å². The predicted octanol–water partition coefficient (Wildman–Crippen LogP) is 1.30. The molecule has 4 heteroatoms. The van der Waals surface area contributed by atoms with Crippen molar-refractivity contribution in [3.8, 4) is 0 Å². The van der Waals surface area contributed by atoms with E-state index in [0.717, 1.165) is 25.9 Å². The fourth-order valence-corrected chi connectivity index (χ4v) is 3.69.